The van der Waals surface area contributed by atoms with Crippen LogP contribution in [0.4, 0.5) is 0 Å². The lowest BCUT2D eigenvalue weighted by molar-refractivity contribution is 0.369. The van der Waals surface area contributed by atoms with Crippen LogP contribution in [0.5, 0.6) is 0 Å². The highest BCUT2D eigenvalue weighted by atomic mass is 32.2. The van der Waals surface area contributed by atoms with E-state index in [4.69, 9.17) is 4.42 Å². The van der Waals surface area contributed by atoms with Gasteiger partial charge in [0.15, 0.2) is 0 Å². The number of oxazole rings is 1. The van der Waals surface area contributed by atoms with Crippen LogP contribution in [0.3, 0.4) is 0 Å². The number of aryl methyl sites for hydroxylation is 2. The first-order valence-corrected chi connectivity index (χ1v) is 7.14. The molecule has 0 aliphatic rings. The summed E-state index contributed by atoms with van der Waals surface area (Å²) in [5, 5.41) is 4.23. The molecule has 0 radical (unpaired) electrons. The van der Waals surface area contributed by atoms with E-state index in [-0.39, 0.29) is 0 Å². The zero-order valence-electron chi connectivity index (χ0n) is 11.6. The summed E-state index contributed by atoms with van der Waals surface area (Å²) in [7, 11) is 0. The summed E-state index contributed by atoms with van der Waals surface area (Å²) in [6.45, 7) is 12.8. The minimum atomic E-state index is 0.414. The maximum absolute atomic E-state index is 5.50. The van der Waals surface area contributed by atoms with Crippen molar-refractivity contribution in [1.82, 2.24) is 10.3 Å². The number of nitrogens with one attached hydrogen (secondary N) is 1. The van der Waals surface area contributed by atoms with Gasteiger partial charge in [0.05, 0.1) is 5.69 Å². The Labute approximate surface area is 109 Å². The lowest BCUT2D eigenvalue weighted by Gasteiger charge is -2.17. The number of rotatable bonds is 6. The van der Waals surface area contributed by atoms with E-state index in [1.54, 1.807) is 11.8 Å². The number of thioether (sulfide) groups is 1. The van der Waals surface area contributed by atoms with E-state index in [2.05, 4.69) is 31.1 Å². The SMILES string of the molecule is Cc1nc(SCCNCCC(C)(C)C)oc1C. The van der Waals surface area contributed by atoms with Crippen LogP contribution < -0.4 is 5.32 Å². The smallest absolute Gasteiger partial charge is 0.256 e. The molecule has 0 amide bonds. The van der Waals surface area contributed by atoms with Crippen LogP contribution in [0.15, 0.2) is 9.64 Å². The van der Waals surface area contributed by atoms with Crippen molar-refractivity contribution in [2.24, 2.45) is 5.41 Å². The van der Waals surface area contributed by atoms with Gasteiger partial charge in [0.25, 0.3) is 5.22 Å². The van der Waals surface area contributed by atoms with E-state index in [1.807, 2.05) is 13.8 Å². The summed E-state index contributed by atoms with van der Waals surface area (Å²) < 4.78 is 5.50. The Morgan fingerprint density at radius 1 is 1.24 bits per heavy atom. The average Bonchev–Trinajstić information content (AvgIpc) is 2.50. The minimum absolute atomic E-state index is 0.414. The highest BCUT2D eigenvalue weighted by molar-refractivity contribution is 7.99. The third-order valence-electron chi connectivity index (χ3n) is 2.57. The van der Waals surface area contributed by atoms with Gasteiger partial charge in [0, 0.05) is 12.3 Å². The van der Waals surface area contributed by atoms with Crippen molar-refractivity contribution in [3.8, 4) is 0 Å². The van der Waals surface area contributed by atoms with Gasteiger partial charge in [-0.05, 0) is 32.2 Å². The molecule has 1 N–H and O–H groups in total. The lowest BCUT2D eigenvalue weighted by atomic mass is 9.92. The molecule has 0 unspecified atom stereocenters. The van der Waals surface area contributed by atoms with Gasteiger partial charge in [-0.2, -0.15) is 0 Å². The summed E-state index contributed by atoms with van der Waals surface area (Å²) in [5.74, 6) is 1.93. The Balaban J connectivity index is 2.09. The molecule has 4 heteroatoms. The highest BCUT2D eigenvalue weighted by Gasteiger charge is 2.09. The maximum Gasteiger partial charge on any atom is 0.256 e. The summed E-state index contributed by atoms with van der Waals surface area (Å²) in [6, 6.07) is 0. The normalized spacial score (nSPS) is 12.1. The second kappa shape index (κ2) is 6.45. The van der Waals surface area contributed by atoms with Crippen LogP contribution in [-0.2, 0) is 0 Å². The van der Waals surface area contributed by atoms with Crippen molar-refractivity contribution in [2.45, 2.75) is 46.3 Å². The molecule has 0 saturated heterocycles. The molecule has 0 aliphatic carbocycles. The first kappa shape index (κ1) is 14.6. The molecule has 0 spiro atoms. The molecule has 0 bridgehead atoms. The van der Waals surface area contributed by atoms with Crippen molar-refractivity contribution in [3.05, 3.63) is 11.5 Å². The zero-order valence-corrected chi connectivity index (χ0v) is 12.4. The quantitative estimate of drug-likeness (QED) is 0.625. The van der Waals surface area contributed by atoms with Crippen molar-refractivity contribution in [2.75, 3.05) is 18.8 Å². The van der Waals surface area contributed by atoms with Crippen LogP contribution in [0, 0.1) is 19.3 Å². The molecule has 3 nitrogen and oxygen atoms in total. The minimum Gasteiger partial charge on any atom is -0.437 e. The van der Waals surface area contributed by atoms with Gasteiger partial charge in [0.1, 0.15) is 5.76 Å². The topological polar surface area (TPSA) is 38.1 Å². The predicted octanol–water partition coefficient (Wildman–Crippen LogP) is 3.41. The van der Waals surface area contributed by atoms with Gasteiger partial charge < -0.3 is 9.73 Å². The predicted molar refractivity (Wildman–Crippen MR) is 73.6 cm³/mol. The van der Waals surface area contributed by atoms with Crippen LogP contribution in [0.1, 0.15) is 38.6 Å². The van der Waals surface area contributed by atoms with Crippen LogP contribution in [-0.4, -0.2) is 23.8 Å². The third kappa shape index (κ3) is 6.13. The van der Waals surface area contributed by atoms with Crippen molar-refractivity contribution in [3.63, 3.8) is 0 Å². The first-order chi connectivity index (χ1) is 7.88. The molecule has 17 heavy (non-hydrogen) atoms. The van der Waals surface area contributed by atoms with Crippen molar-refractivity contribution in [1.29, 1.82) is 0 Å². The van der Waals surface area contributed by atoms with Gasteiger partial charge in [-0.25, -0.2) is 4.98 Å². The van der Waals surface area contributed by atoms with E-state index in [0.717, 1.165) is 35.5 Å². The molecule has 1 heterocycles. The molecule has 0 aliphatic heterocycles. The monoisotopic (exact) mass is 256 g/mol. The fourth-order valence-electron chi connectivity index (χ4n) is 1.30. The molecule has 1 aromatic heterocycles. The van der Waals surface area contributed by atoms with Crippen LogP contribution >= 0.6 is 11.8 Å². The Morgan fingerprint density at radius 3 is 2.47 bits per heavy atom. The first-order valence-electron chi connectivity index (χ1n) is 6.16. The Hall–Kier alpha value is -0.480. The van der Waals surface area contributed by atoms with Gasteiger partial charge in [-0.3, -0.25) is 0 Å². The van der Waals surface area contributed by atoms with Crippen molar-refractivity contribution >= 4 is 11.8 Å². The summed E-state index contributed by atoms with van der Waals surface area (Å²) in [4.78, 5) is 4.34. The lowest BCUT2D eigenvalue weighted by Crippen LogP contribution is -2.22. The molecule has 0 atom stereocenters. The Morgan fingerprint density at radius 2 is 1.94 bits per heavy atom. The van der Waals surface area contributed by atoms with Crippen molar-refractivity contribution < 1.29 is 4.42 Å². The van der Waals surface area contributed by atoms with Crippen LogP contribution in [0.2, 0.25) is 0 Å². The summed E-state index contributed by atoms with van der Waals surface area (Å²) in [6.07, 6.45) is 1.20. The van der Waals surface area contributed by atoms with E-state index < -0.39 is 0 Å². The number of nitrogens with zero attached hydrogens (tertiary/aromatic N) is 1. The second-order valence-electron chi connectivity index (χ2n) is 5.53. The number of aromatic nitrogens is 1. The zero-order chi connectivity index (χ0) is 12.9. The van der Waals surface area contributed by atoms with E-state index in [9.17, 15) is 0 Å². The van der Waals surface area contributed by atoms with Crippen LogP contribution in [0.25, 0.3) is 0 Å². The molecule has 98 valence electrons. The standard InChI is InChI=1S/C13H24N2OS/c1-10-11(2)16-12(15-10)17-9-8-14-7-6-13(3,4)5/h14H,6-9H2,1-5H3. The number of hydrogen-bond acceptors (Lipinski definition) is 4. The Bertz CT molecular complexity index is 322. The molecular formula is C13H24N2OS. The van der Waals surface area contributed by atoms with E-state index >= 15 is 0 Å². The summed E-state index contributed by atoms with van der Waals surface area (Å²) >= 11 is 1.67. The fraction of sp³-hybridized carbons (Fsp3) is 0.769. The van der Waals surface area contributed by atoms with Gasteiger partial charge in [-0.15, -0.1) is 0 Å². The molecule has 1 aromatic rings. The molecular weight excluding hydrogens is 232 g/mol. The molecule has 1 rings (SSSR count). The Kier molecular flexibility index (Phi) is 5.53. The second-order valence-corrected chi connectivity index (χ2v) is 6.58. The van der Waals surface area contributed by atoms with Gasteiger partial charge in [0.2, 0.25) is 0 Å². The van der Waals surface area contributed by atoms with E-state index in [1.165, 1.54) is 6.42 Å². The van der Waals surface area contributed by atoms with E-state index in [0.29, 0.717) is 5.41 Å². The highest BCUT2D eigenvalue weighted by Crippen LogP contribution is 2.19. The van der Waals surface area contributed by atoms with Gasteiger partial charge in [-0.1, -0.05) is 32.5 Å². The molecule has 0 saturated carbocycles. The maximum atomic E-state index is 5.50. The molecule has 0 aromatic carbocycles. The average molecular weight is 256 g/mol. The molecule has 0 fully saturated rings. The number of hydrogen-bond donors (Lipinski definition) is 1. The largest absolute Gasteiger partial charge is 0.437 e. The fourth-order valence-corrected chi connectivity index (χ4v) is 2.11. The third-order valence-corrected chi connectivity index (χ3v) is 3.39. The van der Waals surface area contributed by atoms with Gasteiger partial charge >= 0.3 is 0 Å². The summed E-state index contributed by atoms with van der Waals surface area (Å²) in [5.41, 5.74) is 1.41.